The van der Waals surface area contributed by atoms with E-state index in [0.29, 0.717) is 41.6 Å². The van der Waals surface area contributed by atoms with E-state index in [1.807, 2.05) is 12.1 Å². The fourth-order valence-corrected chi connectivity index (χ4v) is 3.61. The Morgan fingerprint density at radius 3 is 2.56 bits per heavy atom. The van der Waals surface area contributed by atoms with Crippen molar-refractivity contribution >= 4 is 23.3 Å². The van der Waals surface area contributed by atoms with Crippen LogP contribution in [0.2, 0.25) is 0 Å². The number of methoxy groups -OCH3 is 1. The van der Waals surface area contributed by atoms with Crippen LogP contribution in [0.25, 0.3) is 11.4 Å². The number of nitrogens with one attached hydrogen (secondary N) is 1. The number of nitrogens with zero attached hydrogens (tertiary/aromatic N) is 3. The molecule has 1 saturated heterocycles. The topological polar surface area (TPSA) is 146 Å². The van der Waals surface area contributed by atoms with Crippen LogP contribution in [0, 0.1) is 0 Å². The average Bonchev–Trinajstić information content (AvgIpc) is 2.89. The molecule has 0 spiro atoms. The first kappa shape index (κ1) is 23.1. The Labute approximate surface area is 196 Å². The van der Waals surface area contributed by atoms with Crippen LogP contribution in [0.3, 0.4) is 0 Å². The van der Waals surface area contributed by atoms with Gasteiger partial charge in [0.2, 0.25) is 11.8 Å². The maximum atomic E-state index is 12.6. The Morgan fingerprint density at radius 2 is 1.88 bits per heavy atom. The normalized spacial score (nSPS) is 14.4. The maximum Gasteiger partial charge on any atom is 0.248 e. The van der Waals surface area contributed by atoms with Crippen LogP contribution in [0.4, 0.5) is 11.5 Å². The summed E-state index contributed by atoms with van der Waals surface area (Å²) in [5, 5.41) is 2.79. The molecule has 3 aromatic rings. The van der Waals surface area contributed by atoms with Crippen LogP contribution in [0.15, 0.2) is 54.7 Å². The van der Waals surface area contributed by atoms with Gasteiger partial charge in [0, 0.05) is 29.9 Å². The van der Waals surface area contributed by atoms with E-state index in [-0.39, 0.29) is 0 Å². The molecule has 5 N–H and O–H groups in total. The molecule has 1 aromatic heterocycles. The minimum Gasteiger partial charge on any atom is -0.491 e. The van der Waals surface area contributed by atoms with Crippen LogP contribution >= 0.6 is 0 Å². The molecule has 1 fully saturated rings. The number of hydrogen-bond acceptors (Lipinski definition) is 8. The van der Waals surface area contributed by atoms with Gasteiger partial charge in [0.05, 0.1) is 26.5 Å². The van der Waals surface area contributed by atoms with Crippen LogP contribution in [-0.4, -0.2) is 55.2 Å². The van der Waals surface area contributed by atoms with Gasteiger partial charge in [-0.25, -0.2) is 9.97 Å². The lowest BCUT2D eigenvalue weighted by Gasteiger charge is -2.28. The molecule has 34 heavy (non-hydrogen) atoms. The van der Waals surface area contributed by atoms with Gasteiger partial charge >= 0.3 is 0 Å². The molecule has 0 bridgehead atoms. The third-order valence-electron chi connectivity index (χ3n) is 5.49. The van der Waals surface area contributed by atoms with E-state index in [1.54, 1.807) is 43.6 Å². The van der Waals surface area contributed by atoms with Crippen molar-refractivity contribution in [2.45, 2.75) is 6.04 Å². The summed E-state index contributed by atoms with van der Waals surface area (Å²) in [6.07, 6.45) is 1.65. The van der Waals surface area contributed by atoms with Crippen molar-refractivity contribution in [1.29, 1.82) is 0 Å². The summed E-state index contributed by atoms with van der Waals surface area (Å²) in [5.41, 5.74) is 13.5. The summed E-state index contributed by atoms with van der Waals surface area (Å²) < 4.78 is 10.9. The van der Waals surface area contributed by atoms with E-state index in [2.05, 4.69) is 15.2 Å². The number of carbonyl (C=O) groups excluding carboxylic acids is 2. The molecule has 1 unspecified atom stereocenters. The number of rotatable bonds is 7. The highest BCUT2D eigenvalue weighted by molar-refractivity contribution is 5.97. The van der Waals surface area contributed by atoms with Gasteiger partial charge < -0.3 is 31.2 Å². The van der Waals surface area contributed by atoms with E-state index in [0.717, 1.165) is 24.5 Å². The Hall–Kier alpha value is -4.02. The lowest BCUT2D eigenvalue weighted by atomic mass is 10.0. The van der Waals surface area contributed by atoms with Crippen LogP contribution < -0.4 is 26.4 Å². The summed E-state index contributed by atoms with van der Waals surface area (Å²) in [7, 11) is 1.59. The number of carbonyl (C=O) groups is 2. The first-order chi connectivity index (χ1) is 16.5. The minimum atomic E-state index is -0.958. The fraction of sp³-hybridized carbons (Fsp3) is 0.250. The van der Waals surface area contributed by atoms with Crippen molar-refractivity contribution in [3.63, 3.8) is 0 Å². The second-order valence-corrected chi connectivity index (χ2v) is 7.72. The Kier molecular flexibility index (Phi) is 7.00. The van der Waals surface area contributed by atoms with E-state index in [1.165, 1.54) is 6.07 Å². The van der Waals surface area contributed by atoms with Crippen LogP contribution in [0.5, 0.6) is 5.75 Å². The van der Waals surface area contributed by atoms with Gasteiger partial charge in [-0.1, -0.05) is 12.1 Å². The smallest absolute Gasteiger partial charge is 0.248 e. The Bertz CT molecular complexity index is 1180. The molecular formula is C24H26N6O4. The third-order valence-corrected chi connectivity index (χ3v) is 5.49. The summed E-state index contributed by atoms with van der Waals surface area (Å²) in [4.78, 5) is 35.3. The molecule has 2 amide bonds. The molecule has 2 aromatic carbocycles. The summed E-state index contributed by atoms with van der Waals surface area (Å²) in [5.74, 6) is 0.869. The number of anilines is 2. The molecule has 0 radical (unpaired) electrons. The summed E-state index contributed by atoms with van der Waals surface area (Å²) >= 11 is 0. The highest BCUT2D eigenvalue weighted by atomic mass is 16.5. The van der Waals surface area contributed by atoms with Crippen molar-refractivity contribution in [2.24, 2.45) is 11.5 Å². The van der Waals surface area contributed by atoms with Crippen molar-refractivity contribution in [3.05, 3.63) is 65.9 Å². The number of ether oxygens (including phenoxy) is 2. The number of nitrogens with two attached hydrogens (primary N) is 2. The van der Waals surface area contributed by atoms with E-state index < -0.39 is 17.9 Å². The molecular weight excluding hydrogens is 436 g/mol. The fourth-order valence-electron chi connectivity index (χ4n) is 3.61. The molecule has 10 nitrogen and oxygen atoms in total. The SMILES string of the molecule is COc1cnc(-c2ccc(NC(=O)C(N)c3cccc(C(N)=O)c3)cc2)nc1N1CCOCC1. The average molecular weight is 463 g/mol. The molecule has 2 heterocycles. The summed E-state index contributed by atoms with van der Waals surface area (Å²) in [6.45, 7) is 2.71. The predicted octanol–water partition coefficient (Wildman–Crippen LogP) is 1.73. The summed E-state index contributed by atoms with van der Waals surface area (Å²) in [6, 6.07) is 12.6. The largest absolute Gasteiger partial charge is 0.491 e. The predicted molar refractivity (Wildman–Crippen MR) is 128 cm³/mol. The molecule has 1 atom stereocenters. The molecule has 10 heteroatoms. The van der Waals surface area contributed by atoms with E-state index in [9.17, 15) is 9.59 Å². The van der Waals surface area contributed by atoms with Gasteiger partial charge in [0.15, 0.2) is 17.4 Å². The van der Waals surface area contributed by atoms with Crippen LogP contribution in [-0.2, 0) is 9.53 Å². The van der Waals surface area contributed by atoms with Crippen molar-refractivity contribution in [3.8, 4) is 17.1 Å². The van der Waals surface area contributed by atoms with Gasteiger partial charge in [-0.15, -0.1) is 0 Å². The van der Waals surface area contributed by atoms with Crippen LogP contribution in [0.1, 0.15) is 22.0 Å². The molecule has 0 saturated carbocycles. The molecule has 1 aliphatic rings. The number of benzene rings is 2. The standard InChI is InChI=1S/C24H26N6O4/c1-33-19-14-27-22(29-23(19)30-9-11-34-12-10-30)15-5-7-18(8-6-15)28-24(32)20(25)16-3-2-4-17(13-16)21(26)31/h2-8,13-14,20H,9-12,25H2,1H3,(H2,26,31)(H,28,32). The second kappa shape index (κ2) is 10.3. The molecule has 0 aliphatic carbocycles. The van der Waals surface area contributed by atoms with E-state index in [4.69, 9.17) is 25.9 Å². The minimum absolute atomic E-state index is 0.293. The molecule has 4 rings (SSSR count). The number of primary amides is 1. The number of hydrogen-bond donors (Lipinski definition) is 3. The van der Waals surface area contributed by atoms with Gasteiger partial charge in [-0.2, -0.15) is 0 Å². The highest BCUT2D eigenvalue weighted by Gasteiger charge is 2.20. The zero-order valence-electron chi connectivity index (χ0n) is 18.7. The molecule has 1 aliphatic heterocycles. The lowest BCUT2D eigenvalue weighted by Crippen LogP contribution is -2.37. The Morgan fingerprint density at radius 1 is 1.15 bits per heavy atom. The number of aromatic nitrogens is 2. The third kappa shape index (κ3) is 5.13. The zero-order valence-corrected chi connectivity index (χ0v) is 18.7. The lowest BCUT2D eigenvalue weighted by molar-refractivity contribution is -0.117. The van der Waals surface area contributed by atoms with Gasteiger partial charge in [0.25, 0.3) is 0 Å². The Balaban J connectivity index is 1.48. The first-order valence-electron chi connectivity index (χ1n) is 10.8. The first-order valence-corrected chi connectivity index (χ1v) is 10.8. The van der Waals surface area contributed by atoms with Crippen molar-refractivity contribution in [1.82, 2.24) is 9.97 Å². The highest BCUT2D eigenvalue weighted by Crippen LogP contribution is 2.29. The van der Waals surface area contributed by atoms with Gasteiger partial charge in [0.1, 0.15) is 6.04 Å². The monoisotopic (exact) mass is 462 g/mol. The number of amides is 2. The quantitative estimate of drug-likeness (QED) is 0.481. The van der Waals surface area contributed by atoms with Crippen molar-refractivity contribution < 1.29 is 19.1 Å². The maximum absolute atomic E-state index is 12.6. The zero-order chi connectivity index (χ0) is 24.1. The second-order valence-electron chi connectivity index (χ2n) is 7.72. The number of morpholine rings is 1. The molecule has 176 valence electrons. The van der Waals surface area contributed by atoms with Gasteiger partial charge in [-0.3, -0.25) is 9.59 Å². The van der Waals surface area contributed by atoms with Gasteiger partial charge in [-0.05, 0) is 42.0 Å². The van der Waals surface area contributed by atoms with E-state index >= 15 is 0 Å². The van der Waals surface area contributed by atoms with Crippen molar-refractivity contribution in [2.75, 3.05) is 43.6 Å².